The van der Waals surface area contributed by atoms with Crippen LogP contribution in [0.4, 0.5) is 5.69 Å². The van der Waals surface area contributed by atoms with Gasteiger partial charge in [0.15, 0.2) is 0 Å². The largest absolute Gasteiger partial charge is 0.397 e. The predicted molar refractivity (Wildman–Crippen MR) is 52.9 cm³/mol. The molecule has 1 atom stereocenters. The maximum Gasteiger partial charge on any atom is 0.101 e. The van der Waals surface area contributed by atoms with Gasteiger partial charge < -0.3 is 11.5 Å². The molecule has 0 aromatic heterocycles. The molecular weight excluding hydrogens is 162 g/mol. The zero-order valence-electron chi connectivity index (χ0n) is 7.83. The maximum atomic E-state index is 8.78. The minimum absolute atomic E-state index is 0.0635. The highest BCUT2D eigenvalue weighted by Gasteiger charge is 2.06. The van der Waals surface area contributed by atoms with E-state index >= 15 is 0 Å². The Bertz CT molecular complexity index is 361. The Hall–Kier alpha value is -1.53. The SMILES string of the molecule is Cc1cc([C@@H](C)N)cc(C#N)c1N. The first-order chi connectivity index (χ1) is 6.06. The Morgan fingerprint density at radius 3 is 2.54 bits per heavy atom. The molecule has 0 amide bonds. The number of benzene rings is 1. The van der Waals surface area contributed by atoms with Crippen LogP contribution >= 0.6 is 0 Å². The zero-order chi connectivity index (χ0) is 10.0. The number of anilines is 1. The third-order valence-electron chi connectivity index (χ3n) is 2.06. The molecular formula is C10H13N3. The molecule has 68 valence electrons. The fourth-order valence-corrected chi connectivity index (χ4v) is 1.18. The molecule has 4 N–H and O–H groups in total. The van der Waals surface area contributed by atoms with Gasteiger partial charge in [-0.15, -0.1) is 0 Å². The quantitative estimate of drug-likeness (QED) is 0.634. The van der Waals surface area contributed by atoms with Gasteiger partial charge in [-0.2, -0.15) is 5.26 Å². The second kappa shape index (κ2) is 3.46. The van der Waals surface area contributed by atoms with Gasteiger partial charge in [0, 0.05) is 6.04 Å². The topological polar surface area (TPSA) is 75.8 Å². The van der Waals surface area contributed by atoms with Crippen molar-refractivity contribution in [1.29, 1.82) is 5.26 Å². The molecule has 0 spiro atoms. The number of nitrogens with zero attached hydrogens (tertiary/aromatic N) is 1. The second-order valence-corrected chi connectivity index (χ2v) is 3.20. The first-order valence-electron chi connectivity index (χ1n) is 4.12. The van der Waals surface area contributed by atoms with Crippen LogP contribution in [0.3, 0.4) is 0 Å². The summed E-state index contributed by atoms with van der Waals surface area (Å²) in [5, 5.41) is 8.78. The first-order valence-corrected chi connectivity index (χ1v) is 4.12. The van der Waals surface area contributed by atoms with Crippen LogP contribution in [0.2, 0.25) is 0 Å². The molecule has 0 unspecified atom stereocenters. The lowest BCUT2D eigenvalue weighted by Gasteiger charge is -2.09. The fraction of sp³-hybridized carbons (Fsp3) is 0.300. The molecule has 0 aliphatic carbocycles. The monoisotopic (exact) mass is 175 g/mol. The Labute approximate surface area is 78.0 Å². The average molecular weight is 175 g/mol. The van der Waals surface area contributed by atoms with E-state index in [2.05, 4.69) is 6.07 Å². The molecule has 1 rings (SSSR count). The molecule has 3 nitrogen and oxygen atoms in total. The molecule has 0 radical (unpaired) electrons. The van der Waals surface area contributed by atoms with E-state index in [0.29, 0.717) is 11.3 Å². The van der Waals surface area contributed by atoms with Crippen LogP contribution in [0.15, 0.2) is 12.1 Å². The van der Waals surface area contributed by atoms with E-state index in [1.807, 2.05) is 19.9 Å². The van der Waals surface area contributed by atoms with Crippen LogP contribution in [-0.4, -0.2) is 0 Å². The molecule has 0 heterocycles. The third kappa shape index (κ3) is 1.79. The number of nitrogen functional groups attached to an aromatic ring is 1. The van der Waals surface area contributed by atoms with Gasteiger partial charge >= 0.3 is 0 Å². The van der Waals surface area contributed by atoms with Crippen LogP contribution in [0.25, 0.3) is 0 Å². The summed E-state index contributed by atoms with van der Waals surface area (Å²) in [7, 11) is 0. The Morgan fingerprint density at radius 1 is 1.46 bits per heavy atom. The van der Waals surface area contributed by atoms with E-state index in [0.717, 1.165) is 11.1 Å². The van der Waals surface area contributed by atoms with Crippen LogP contribution in [0.5, 0.6) is 0 Å². The van der Waals surface area contributed by atoms with Crippen molar-refractivity contribution in [1.82, 2.24) is 0 Å². The van der Waals surface area contributed by atoms with Gasteiger partial charge in [0.1, 0.15) is 6.07 Å². The van der Waals surface area contributed by atoms with E-state index in [9.17, 15) is 0 Å². The summed E-state index contributed by atoms with van der Waals surface area (Å²) in [6.07, 6.45) is 0. The molecule has 1 aromatic rings. The smallest absolute Gasteiger partial charge is 0.101 e. The van der Waals surface area contributed by atoms with E-state index in [-0.39, 0.29) is 6.04 Å². The van der Waals surface area contributed by atoms with Gasteiger partial charge in [0.2, 0.25) is 0 Å². The molecule has 0 saturated carbocycles. The minimum Gasteiger partial charge on any atom is -0.397 e. The fourth-order valence-electron chi connectivity index (χ4n) is 1.18. The van der Waals surface area contributed by atoms with Crippen molar-refractivity contribution in [2.24, 2.45) is 5.73 Å². The number of aryl methyl sites for hydroxylation is 1. The van der Waals surface area contributed by atoms with Crippen LogP contribution in [0, 0.1) is 18.3 Å². The predicted octanol–water partition coefficient (Wildman–Crippen LogP) is 1.47. The number of hydrogen-bond donors (Lipinski definition) is 2. The van der Waals surface area contributed by atoms with Crippen molar-refractivity contribution >= 4 is 5.69 Å². The Morgan fingerprint density at radius 2 is 2.08 bits per heavy atom. The maximum absolute atomic E-state index is 8.78. The Kier molecular flexibility index (Phi) is 2.54. The van der Waals surface area contributed by atoms with Gasteiger partial charge in [-0.25, -0.2) is 0 Å². The summed E-state index contributed by atoms with van der Waals surface area (Å²) in [5.41, 5.74) is 14.3. The molecule has 0 aliphatic heterocycles. The molecule has 0 bridgehead atoms. The first kappa shape index (κ1) is 9.56. The summed E-state index contributed by atoms with van der Waals surface area (Å²) in [4.78, 5) is 0. The summed E-state index contributed by atoms with van der Waals surface area (Å²) in [6, 6.07) is 5.65. The lowest BCUT2D eigenvalue weighted by molar-refractivity contribution is 0.816. The number of nitriles is 1. The van der Waals surface area contributed by atoms with E-state index < -0.39 is 0 Å². The Balaban J connectivity index is 3.32. The zero-order valence-corrected chi connectivity index (χ0v) is 7.83. The van der Waals surface area contributed by atoms with Crippen LogP contribution in [-0.2, 0) is 0 Å². The lowest BCUT2D eigenvalue weighted by atomic mass is 10.0. The molecule has 13 heavy (non-hydrogen) atoms. The highest BCUT2D eigenvalue weighted by Crippen LogP contribution is 2.21. The summed E-state index contributed by atoms with van der Waals surface area (Å²) in [5.74, 6) is 0. The summed E-state index contributed by atoms with van der Waals surface area (Å²) in [6.45, 7) is 3.76. The molecule has 0 aliphatic rings. The van der Waals surface area contributed by atoms with Crippen molar-refractivity contribution < 1.29 is 0 Å². The van der Waals surface area contributed by atoms with Crippen molar-refractivity contribution in [3.63, 3.8) is 0 Å². The van der Waals surface area contributed by atoms with Crippen LogP contribution in [0.1, 0.15) is 29.7 Å². The van der Waals surface area contributed by atoms with E-state index in [1.54, 1.807) is 6.07 Å². The van der Waals surface area contributed by atoms with E-state index in [1.165, 1.54) is 0 Å². The van der Waals surface area contributed by atoms with Crippen molar-refractivity contribution in [2.75, 3.05) is 5.73 Å². The van der Waals surface area contributed by atoms with E-state index in [4.69, 9.17) is 16.7 Å². The highest BCUT2D eigenvalue weighted by molar-refractivity contribution is 5.60. The molecule has 0 fully saturated rings. The van der Waals surface area contributed by atoms with Gasteiger partial charge in [-0.1, -0.05) is 6.07 Å². The number of rotatable bonds is 1. The highest BCUT2D eigenvalue weighted by atomic mass is 14.6. The van der Waals surface area contributed by atoms with Gasteiger partial charge in [-0.05, 0) is 31.0 Å². The van der Waals surface area contributed by atoms with Crippen molar-refractivity contribution in [3.8, 4) is 6.07 Å². The van der Waals surface area contributed by atoms with Gasteiger partial charge in [0.05, 0.1) is 11.3 Å². The lowest BCUT2D eigenvalue weighted by Crippen LogP contribution is -2.07. The third-order valence-corrected chi connectivity index (χ3v) is 2.06. The van der Waals surface area contributed by atoms with Crippen molar-refractivity contribution in [2.45, 2.75) is 19.9 Å². The second-order valence-electron chi connectivity index (χ2n) is 3.20. The standard InChI is InChI=1S/C10H13N3/c1-6-3-8(7(2)12)4-9(5-11)10(6)13/h3-4,7H,12-13H2,1-2H3/t7-/m1/s1. The van der Waals surface area contributed by atoms with Gasteiger partial charge in [0.25, 0.3) is 0 Å². The van der Waals surface area contributed by atoms with Crippen molar-refractivity contribution in [3.05, 3.63) is 28.8 Å². The van der Waals surface area contributed by atoms with Crippen LogP contribution < -0.4 is 11.5 Å². The number of nitrogens with two attached hydrogens (primary N) is 2. The summed E-state index contributed by atoms with van der Waals surface area (Å²) < 4.78 is 0. The molecule has 1 aromatic carbocycles. The minimum atomic E-state index is -0.0635. The molecule has 0 saturated heterocycles. The number of hydrogen-bond acceptors (Lipinski definition) is 3. The molecule has 3 heteroatoms. The average Bonchev–Trinajstić information content (AvgIpc) is 2.09. The van der Waals surface area contributed by atoms with Gasteiger partial charge in [-0.3, -0.25) is 0 Å². The normalized spacial score (nSPS) is 12.2. The summed E-state index contributed by atoms with van der Waals surface area (Å²) >= 11 is 0.